The molecule has 9 heteroatoms. The number of hydrogen-bond acceptors (Lipinski definition) is 5. The lowest BCUT2D eigenvalue weighted by molar-refractivity contribution is -0.129. The highest BCUT2D eigenvalue weighted by Gasteiger charge is 2.26. The van der Waals surface area contributed by atoms with Gasteiger partial charge in [-0.3, -0.25) is 14.6 Å². The average molecular weight is 568 g/mol. The number of para-hydroxylation sites is 1. The van der Waals surface area contributed by atoms with E-state index in [9.17, 15) is 14.7 Å². The average Bonchev–Trinajstić information content (AvgIpc) is 3.38. The Balaban J connectivity index is 1.37. The molecule has 1 aliphatic carbocycles. The summed E-state index contributed by atoms with van der Waals surface area (Å²) in [7, 11) is 1.61. The second kappa shape index (κ2) is 11.9. The molecule has 2 amide bonds. The number of imidazole rings is 1. The minimum atomic E-state index is -0.360. The smallest absolute Gasteiger partial charge is 0.280 e. The van der Waals surface area contributed by atoms with Crippen molar-refractivity contribution in [2.75, 3.05) is 20.2 Å². The van der Waals surface area contributed by atoms with Crippen molar-refractivity contribution in [1.29, 1.82) is 0 Å². The molecule has 9 nitrogen and oxygen atoms in total. The molecule has 1 saturated heterocycles. The summed E-state index contributed by atoms with van der Waals surface area (Å²) in [6, 6.07) is 17.6. The summed E-state index contributed by atoms with van der Waals surface area (Å²) in [5, 5.41) is 10.2. The first-order valence-electron chi connectivity index (χ1n) is 14.8. The Bertz CT molecular complexity index is 1670. The zero-order valence-corrected chi connectivity index (χ0v) is 24.1. The summed E-state index contributed by atoms with van der Waals surface area (Å²) in [4.78, 5) is 39.8. The lowest BCUT2D eigenvalue weighted by Gasteiger charge is -2.31. The number of pyridine rings is 1. The fourth-order valence-corrected chi connectivity index (χ4v) is 6.44. The summed E-state index contributed by atoms with van der Waals surface area (Å²) in [6.45, 7) is 3.17. The molecule has 2 fully saturated rings. The molecule has 2 aromatic heterocycles. The van der Waals surface area contributed by atoms with Gasteiger partial charge in [0.2, 0.25) is 11.5 Å². The van der Waals surface area contributed by atoms with E-state index in [1.165, 1.54) is 5.56 Å². The molecule has 2 aromatic carbocycles. The van der Waals surface area contributed by atoms with Gasteiger partial charge in [-0.2, -0.15) is 4.99 Å². The Kier molecular flexibility index (Phi) is 7.93. The fraction of sp³-hybridized carbons (Fsp3) is 0.394. The van der Waals surface area contributed by atoms with Crippen molar-refractivity contribution in [3.8, 4) is 17.0 Å². The van der Waals surface area contributed by atoms with Crippen LogP contribution in [0.4, 0.5) is 0 Å². The van der Waals surface area contributed by atoms with E-state index >= 15 is 0 Å². The van der Waals surface area contributed by atoms with Crippen LogP contribution in [0.1, 0.15) is 73.3 Å². The van der Waals surface area contributed by atoms with Crippen molar-refractivity contribution in [3.63, 3.8) is 0 Å². The van der Waals surface area contributed by atoms with E-state index < -0.39 is 0 Å². The number of H-pyrrole nitrogens is 1. The Morgan fingerprint density at radius 2 is 1.76 bits per heavy atom. The molecule has 1 saturated carbocycles. The number of aliphatic hydroxyl groups excluding tert-OH is 1. The lowest BCUT2D eigenvalue weighted by Crippen LogP contribution is -2.36. The maximum Gasteiger partial charge on any atom is 0.280 e. The highest BCUT2D eigenvalue weighted by Crippen LogP contribution is 2.33. The molecular formula is C33H37N5O4. The van der Waals surface area contributed by atoms with E-state index in [1.54, 1.807) is 32.4 Å². The molecule has 0 radical (unpaired) electrons. The number of carbonyl (C=O) groups is 2. The van der Waals surface area contributed by atoms with Crippen LogP contribution in [0.15, 0.2) is 65.8 Å². The third-order valence-corrected chi connectivity index (χ3v) is 8.80. The van der Waals surface area contributed by atoms with E-state index in [4.69, 9.17) is 4.74 Å². The predicted octanol–water partition coefficient (Wildman–Crippen LogP) is 4.98. The molecule has 6 rings (SSSR count). The number of amides is 2. The number of benzene rings is 2. The second-order valence-corrected chi connectivity index (χ2v) is 11.4. The van der Waals surface area contributed by atoms with Crippen molar-refractivity contribution in [1.82, 2.24) is 19.4 Å². The van der Waals surface area contributed by atoms with Gasteiger partial charge in [-0.1, -0.05) is 18.2 Å². The van der Waals surface area contributed by atoms with Crippen LogP contribution in [0.3, 0.4) is 0 Å². The number of likely N-dealkylation sites (tertiary alicyclic amines) is 1. The zero-order valence-electron chi connectivity index (χ0n) is 24.1. The Morgan fingerprint density at radius 3 is 2.50 bits per heavy atom. The molecule has 218 valence electrons. The molecule has 0 atom stereocenters. The summed E-state index contributed by atoms with van der Waals surface area (Å²) >= 11 is 0. The number of piperidine rings is 1. The maximum absolute atomic E-state index is 13.6. The number of nitrogens with zero attached hydrogens (tertiary/aromatic N) is 4. The zero-order chi connectivity index (χ0) is 29.2. The Morgan fingerprint density at radius 1 is 1.00 bits per heavy atom. The van der Waals surface area contributed by atoms with Gasteiger partial charge in [-0.15, -0.1) is 0 Å². The van der Waals surface area contributed by atoms with E-state index in [2.05, 4.69) is 37.7 Å². The standard InChI is InChI=1S/C33H37N5O4/c1-21(39)37-17-14-22(15-18-37)23-7-12-30-29(19-23)35-33(38(30)25-8-10-26(40)11-9-25)36-32(41)24-13-16-34-28(20-24)27-5-3-4-6-31(27)42-2/h3-7,12-13,16,19-20,22,25-26,40H,8-11,14-15,17-18H2,1-2H3,(H,35,36,41)/t25-,26+. The first-order valence-corrected chi connectivity index (χ1v) is 14.8. The van der Waals surface area contributed by atoms with Crippen LogP contribution in [0.25, 0.3) is 22.3 Å². The summed E-state index contributed by atoms with van der Waals surface area (Å²) in [6.07, 6.45) is 6.26. The minimum absolute atomic E-state index is 0.125. The Hall–Kier alpha value is -4.24. The van der Waals surface area contributed by atoms with Gasteiger partial charge in [0.25, 0.3) is 5.91 Å². The highest BCUT2D eigenvalue weighted by molar-refractivity contribution is 5.96. The second-order valence-electron chi connectivity index (χ2n) is 11.4. The maximum atomic E-state index is 13.6. The Labute approximate surface area is 244 Å². The van der Waals surface area contributed by atoms with Gasteiger partial charge in [-0.25, -0.2) is 0 Å². The van der Waals surface area contributed by atoms with Crippen LogP contribution >= 0.6 is 0 Å². The number of rotatable bonds is 5. The molecule has 2 N–H and O–H groups in total. The molecule has 1 aliphatic heterocycles. The van der Waals surface area contributed by atoms with E-state index in [0.717, 1.165) is 68.2 Å². The molecule has 2 aliphatic rings. The number of fused-ring (bicyclic) bond motifs is 1. The van der Waals surface area contributed by atoms with Crippen molar-refractivity contribution in [3.05, 3.63) is 77.5 Å². The number of carbonyl (C=O) groups excluding carboxylic acids is 2. The van der Waals surface area contributed by atoms with Crippen molar-refractivity contribution >= 4 is 22.8 Å². The van der Waals surface area contributed by atoms with Crippen LogP contribution in [0.2, 0.25) is 0 Å². The third kappa shape index (κ3) is 5.61. The number of ether oxygens (including phenoxy) is 1. The fourth-order valence-electron chi connectivity index (χ4n) is 6.44. The van der Waals surface area contributed by atoms with Gasteiger partial charge in [0.05, 0.1) is 29.9 Å². The number of hydrogen-bond donors (Lipinski definition) is 2. The van der Waals surface area contributed by atoms with Gasteiger partial charge in [0.15, 0.2) is 0 Å². The number of nitrogens with one attached hydrogen (secondary N) is 1. The van der Waals surface area contributed by atoms with Crippen molar-refractivity contribution in [2.24, 2.45) is 4.99 Å². The molecule has 3 heterocycles. The van der Waals surface area contributed by atoms with Crippen LogP contribution in [0, 0.1) is 0 Å². The first kappa shape index (κ1) is 27.9. The van der Waals surface area contributed by atoms with Crippen LogP contribution in [-0.4, -0.2) is 62.7 Å². The summed E-state index contributed by atoms with van der Waals surface area (Å²) in [5.41, 5.74) is 5.55. The summed E-state index contributed by atoms with van der Waals surface area (Å²) in [5.74, 6) is 0.828. The SMILES string of the molecule is COc1ccccc1-c1cc(C(=O)/N=c2\[nH]c3cc(C4CCN(C(C)=O)CC4)ccc3n2[C@H]2CC[C@@H](O)CC2)ccn1. The minimum Gasteiger partial charge on any atom is -0.496 e. The van der Waals surface area contributed by atoms with Gasteiger partial charge in [0.1, 0.15) is 5.75 Å². The number of aliphatic hydroxyl groups is 1. The number of aromatic nitrogens is 3. The van der Waals surface area contributed by atoms with E-state index in [-0.39, 0.29) is 24.0 Å². The normalized spacial score (nSPS) is 20.2. The molecule has 42 heavy (non-hydrogen) atoms. The topological polar surface area (TPSA) is 113 Å². The third-order valence-electron chi connectivity index (χ3n) is 8.80. The largest absolute Gasteiger partial charge is 0.496 e. The van der Waals surface area contributed by atoms with Gasteiger partial charge < -0.3 is 24.3 Å². The predicted molar refractivity (Wildman–Crippen MR) is 160 cm³/mol. The lowest BCUT2D eigenvalue weighted by atomic mass is 9.89. The molecule has 0 bridgehead atoms. The quantitative estimate of drug-likeness (QED) is 0.353. The van der Waals surface area contributed by atoms with Crippen LogP contribution < -0.4 is 10.4 Å². The summed E-state index contributed by atoms with van der Waals surface area (Å²) < 4.78 is 7.64. The monoisotopic (exact) mass is 567 g/mol. The molecule has 4 aromatic rings. The van der Waals surface area contributed by atoms with Crippen LogP contribution in [-0.2, 0) is 4.79 Å². The molecular weight excluding hydrogens is 530 g/mol. The van der Waals surface area contributed by atoms with Crippen LogP contribution in [0.5, 0.6) is 5.75 Å². The van der Waals surface area contributed by atoms with Gasteiger partial charge >= 0.3 is 0 Å². The highest BCUT2D eigenvalue weighted by atomic mass is 16.5. The molecule has 0 spiro atoms. The van der Waals surface area contributed by atoms with Gasteiger partial charge in [0, 0.05) is 43.4 Å². The van der Waals surface area contributed by atoms with E-state index in [1.807, 2.05) is 29.2 Å². The van der Waals surface area contributed by atoms with Gasteiger partial charge in [-0.05, 0) is 86.4 Å². The number of methoxy groups -OCH3 is 1. The van der Waals surface area contributed by atoms with Crippen molar-refractivity contribution < 1.29 is 19.4 Å². The molecule has 0 unspecified atom stereocenters. The van der Waals surface area contributed by atoms with Crippen molar-refractivity contribution in [2.45, 2.75) is 63.5 Å². The first-order chi connectivity index (χ1) is 20.4. The van der Waals surface area contributed by atoms with E-state index in [0.29, 0.717) is 28.5 Å². The number of aromatic amines is 1.